The summed E-state index contributed by atoms with van der Waals surface area (Å²) in [6.45, 7) is 1.29. The van der Waals surface area contributed by atoms with E-state index in [1.54, 1.807) is 24.3 Å². The fourth-order valence-corrected chi connectivity index (χ4v) is 3.62. The van der Waals surface area contributed by atoms with Gasteiger partial charge in [-0.1, -0.05) is 35.9 Å². The molecule has 0 spiro atoms. The first kappa shape index (κ1) is 15.9. The predicted molar refractivity (Wildman–Crippen MR) is 96.5 cm³/mol. The van der Waals surface area contributed by atoms with E-state index in [0.29, 0.717) is 29.4 Å². The van der Waals surface area contributed by atoms with Gasteiger partial charge in [0.05, 0.1) is 6.04 Å². The lowest BCUT2D eigenvalue weighted by molar-refractivity contribution is -0.132. The summed E-state index contributed by atoms with van der Waals surface area (Å²) in [6, 6.07) is 14.9. The lowest BCUT2D eigenvalue weighted by Crippen LogP contribution is -2.51. The highest BCUT2D eigenvalue weighted by molar-refractivity contribution is 6.30. The second kappa shape index (κ2) is 6.37. The topological polar surface area (TPSA) is 49.4 Å². The molecule has 2 aliphatic heterocycles. The van der Waals surface area contributed by atoms with E-state index in [9.17, 15) is 9.59 Å². The Kier molecular flexibility index (Phi) is 4.06. The van der Waals surface area contributed by atoms with Crippen molar-refractivity contribution in [2.75, 3.05) is 13.1 Å². The van der Waals surface area contributed by atoms with Crippen molar-refractivity contribution in [3.8, 4) is 0 Å². The Morgan fingerprint density at radius 1 is 1.16 bits per heavy atom. The van der Waals surface area contributed by atoms with Crippen molar-refractivity contribution in [1.82, 2.24) is 10.2 Å². The molecule has 25 heavy (non-hydrogen) atoms. The minimum absolute atomic E-state index is 0.0280. The van der Waals surface area contributed by atoms with Gasteiger partial charge in [-0.05, 0) is 41.8 Å². The van der Waals surface area contributed by atoms with E-state index in [1.165, 1.54) is 17.2 Å². The maximum Gasteiger partial charge on any atom is 0.270 e. The van der Waals surface area contributed by atoms with Gasteiger partial charge in [0.2, 0.25) is 0 Å². The van der Waals surface area contributed by atoms with Crippen LogP contribution in [0.2, 0.25) is 5.02 Å². The number of benzene rings is 2. The van der Waals surface area contributed by atoms with E-state index in [1.807, 2.05) is 17.0 Å². The van der Waals surface area contributed by atoms with Gasteiger partial charge in [0.1, 0.15) is 5.70 Å². The first-order valence-electron chi connectivity index (χ1n) is 8.28. The van der Waals surface area contributed by atoms with Crippen molar-refractivity contribution in [2.24, 2.45) is 0 Å². The number of fused-ring (bicyclic) bond motifs is 3. The number of hydrogen-bond donors (Lipinski definition) is 1. The zero-order valence-electron chi connectivity index (χ0n) is 13.5. The van der Waals surface area contributed by atoms with Crippen LogP contribution < -0.4 is 5.32 Å². The summed E-state index contributed by atoms with van der Waals surface area (Å²) < 4.78 is 0. The third-order valence-electron chi connectivity index (χ3n) is 4.79. The highest BCUT2D eigenvalue weighted by Gasteiger charge is 2.36. The van der Waals surface area contributed by atoms with Crippen molar-refractivity contribution in [1.29, 1.82) is 0 Å². The molecule has 1 unspecified atom stereocenters. The number of halogens is 1. The fraction of sp³-hybridized carbons (Fsp3) is 0.200. The van der Waals surface area contributed by atoms with Crippen LogP contribution in [0.15, 0.2) is 60.3 Å². The van der Waals surface area contributed by atoms with Crippen LogP contribution in [0.3, 0.4) is 0 Å². The summed E-state index contributed by atoms with van der Waals surface area (Å²) in [4.78, 5) is 27.1. The van der Waals surface area contributed by atoms with E-state index in [2.05, 4.69) is 17.4 Å². The van der Waals surface area contributed by atoms with Crippen LogP contribution in [0.25, 0.3) is 0 Å². The van der Waals surface area contributed by atoms with Crippen LogP contribution in [-0.4, -0.2) is 29.7 Å². The van der Waals surface area contributed by atoms with E-state index in [0.717, 1.165) is 6.42 Å². The van der Waals surface area contributed by atoms with Crippen LogP contribution in [0.1, 0.15) is 27.5 Å². The molecular formula is C20H17ClN2O2. The highest BCUT2D eigenvalue weighted by atomic mass is 35.5. The number of nitrogens with one attached hydrogen (secondary N) is 1. The zero-order chi connectivity index (χ0) is 17.4. The van der Waals surface area contributed by atoms with Crippen LogP contribution in [0.5, 0.6) is 0 Å². The largest absolute Gasteiger partial charge is 0.378 e. The lowest BCUT2D eigenvalue weighted by Gasteiger charge is -2.41. The van der Waals surface area contributed by atoms with E-state index in [4.69, 9.17) is 11.6 Å². The zero-order valence-corrected chi connectivity index (χ0v) is 14.3. The average Bonchev–Trinajstić information content (AvgIpc) is 2.64. The second-order valence-electron chi connectivity index (χ2n) is 6.27. The van der Waals surface area contributed by atoms with Crippen LogP contribution in [0, 0.1) is 0 Å². The van der Waals surface area contributed by atoms with Crippen molar-refractivity contribution in [3.05, 3.63) is 82.0 Å². The van der Waals surface area contributed by atoms with Crippen LogP contribution in [-0.2, 0) is 11.2 Å². The predicted octanol–water partition coefficient (Wildman–Crippen LogP) is 3.14. The summed E-state index contributed by atoms with van der Waals surface area (Å²) in [5.74, 6) is -0.323. The minimum atomic E-state index is -0.205. The molecule has 1 amide bonds. The quantitative estimate of drug-likeness (QED) is 0.667. The van der Waals surface area contributed by atoms with Gasteiger partial charge in [-0.3, -0.25) is 9.59 Å². The average molecular weight is 353 g/mol. The third kappa shape index (κ3) is 2.94. The summed E-state index contributed by atoms with van der Waals surface area (Å²) in [6.07, 6.45) is 2.24. The third-order valence-corrected chi connectivity index (χ3v) is 5.05. The Hall–Kier alpha value is -2.59. The molecule has 1 atom stereocenters. The Morgan fingerprint density at radius 2 is 1.92 bits per heavy atom. The van der Waals surface area contributed by atoms with Gasteiger partial charge in [0.15, 0.2) is 5.78 Å². The number of hydrogen-bond acceptors (Lipinski definition) is 3. The van der Waals surface area contributed by atoms with Crippen molar-refractivity contribution >= 4 is 23.3 Å². The van der Waals surface area contributed by atoms with Crippen molar-refractivity contribution in [2.45, 2.75) is 12.5 Å². The Labute approximate surface area is 151 Å². The van der Waals surface area contributed by atoms with Crippen LogP contribution >= 0.6 is 11.6 Å². The van der Waals surface area contributed by atoms with Gasteiger partial charge in [-0.2, -0.15) is 0 Å². The van der Waals surface area contributed by atoms with E-state index < -0.39 is 0 Å². The molecule has 0 bridgehead atoms. The SMILES string of the molecule is O=C(/C=C1\NCC2c3ccccc3CCN2C1=O)c1ccc(Cl)cc1. The first-order valence-corrected chi connectivity index (χ1v) is 8.65. The first-order chi connectivity index (χ1) is 12.1. The normalized spacial score (nSPS) is 20.7. The standard InChI is InChI=1S/C20H17ClN2O2/c21-15-7-5-14(6-8-15)19(24)11-17-20(25)23-10-9-13-3-1-2-4-16(13)18(23)12-22-17/h1-8,11,18,22H,9-10,12H2/b17-11-. The van der Waals surface area contributed by atoms with Gasteiger partial charge in [-0.15, -0.1) is 0 Å². The number of piperazine rings is 1. The monoisotopic (exact) mass is 352 g/mol. The molecule has 2 aromatic carbocycles. The van der Waals surface area contributed by atoms with E-state index >= 15 is 0 Å². The molecule has 4 nitrogen and oxygen atoms in total. The fourth-order valence-electron chi connectivity index (χ4n) is 3.49. The summed E-state index contributed by atoms with van der Waals surface area (Å²) in [5, 5.41) is 3.72. The Balaban J connectivity index is 1.58. The van der Waals surface area contributed by atoms with Gasteiger partial charge < -0.3 is 10.2 Å². The molecule has 2 heterocycles. The molecule has 1 saturated heterocycles. The molecule has 1 N–H and O–H groups in total. The van der Waals surface area contributed by atoms with E-state index in [-0.39, 0.29) is 17.7 Å². The van der Waals surface area contributed by atoms with Crippen molar-refractivity contribution < 1.29 is 9.59 Å². The molecule has 0 aromatic heterocycles. The number of ketones is 1. The molecule has 4 rings (SSSR count). The molecule has 5 heteroatoms. The van der Waals surface area contributed by atoms with Crippen LogP contribution in [0.4, 0.5) is 0 Å². The summed E-state index contributed by atoms with van der Waals surface area (Å²) in [5.41, 5.74) is 3.36. The Bertz CT molecular complexity index is 874. The molecule has 0 aliphatic carbocycles. The number of allylic oxidation sites excluding steroid dienone is 1. The number of carbonyl (C=O) groups is 2. The van der Waals surface area contributed by atoms with Gasteiger partial charge in [0.25, 0.3) is 5.91 Å². The molecule has 0 saturated carbocycles. The maximum absolute atomic E-state index is 12.8. The highest BCUT2D eigenvalue weighted by Crippen LogP contribution is 2.32. The molecule has 1 fully saturated rings. The molecule has 126 valence electrons. The summed E-state index contributed by atoms with van der Waals surface area (Å²) >= 11 is 5.85. The van der Waals surface area contributed by atoms with Gasteiger partial charge in [0, 0.05) is 29.8 Å². The maximum atomic E-state index is 12.8. The smallest absolute Gasteiger partial charge is 0.270 e. The lowest BCUT2D eigenvalue weighted by atomic mass is 9.90. The number of rotatable bonds is 2. The molecular weight excluding hydrogens is 336 g/mol. The number of nitrogens with zero attached hydrogens (tertiary/aromatic N) is 1. The molecule has 0 radical (unpaired) electrons. The number of amides is 1. The molecule has 2 aromatic rings. The number of carbonyl (C=O) groups excluding carboxylic acids is 2. The second-order valence-corrected chi connectivity index (χ2v) is 6.71. The minimum Gasteiger partial charge on any atom is -0.378 e. The van der Waals surface area contributed by atoms with Crippen molar-refractivity contribution in [3.63, 3.8) is 0 Å². The Morgan fingerprint density at radius 3 is 2.72 bits per heavy atom. The summed E-state index contributed by atoms with van der Waals surface area (Å²) in [7, 11) is 0. The van der Waals surface area contributed by atoms with Gasteiger partial charge in [-0.25, -0.2) is 0 Å². The van der Waals surface area contributed by atoms with Gasteiger partial charge >= 0.3 is 0 Å². The molecule has 2 aliphatic rings.